The maximum absolute atomic E-state index is 5.22. The van der Waals surface area contributed by atoms with Gasteiger partial charge in [0.05, 0.1) is 12.2 Å². The second-order valence-corrected chi connectivity index (χ2v) is 3.04. The van der Waals surface area contributed by atoms with Crippen LogP contribution >= 0.6 is 0 Å². The molecular formula is C8H19NO2. The Kier molecular flexibility index (Phi) is 5.46. The molecule has 0 saturated heterocycles. The molecule has 0 aromatic heterocycles. The van der Waals surface area contributed by atoms with Crippen molar-refractivity contribution in [2.45, 2.75) is 32.8 Å². The zero-order chi connectivity index (χ0) is 8.74. The van der Waals surface area contributed by atoms with Crippen LogP contribution in [0.5, 0.6) is 0 Å². The molecular weight excluding hydrogens is 142 g/mol. The first-order valence-corrected chi connectivity index (χ1v) is 4.02. The molecule has 0 heterocycles. The van der Waals surface area contributed by atoms with Crippen molar-refractivity contribution in [3.63, 3.8) is 0 Å². The Morgan fingerprint density at radius 2 is 2.00 bits per heavy atom. The fraction of sp³-hybridized carbons (Fsp3) is 1.00. The van der Waals surface area contributed by atoms with E-state index in [4.69, 9.17) is 9.57 Å². The van der Waals surface area contributed by atoms with E-state index in [0.717, 1.165) is 13.0 Å². The molecule has 1 N–H and O–H groups in total. The van der Waals surface area contributed by atoms with Crippen LogP contribution in [-0.4, -0.2) is 25.9 Å². The van der Waals surface area contributed by atoms with E-state index in [-0.39, 0.29) is 5.60 Å². The largest absolute Gasteiger partial charge is 0.379 e. The topological polar surface area (TPSA) is 30.5 Å². The Balaban J connectivity index is 3.23. The maximum Gasteiger partial charge on any atom is 0.0653 e. The van der Waals surface area contributed by atoms with Crippen LogP contribution in [0.15, 0.2) is 0 Å². The van der Waals surface area contributed by atoms with Crippen LogP contribution in [0.4, 0.5) is 0 Å². The van der Waals surface area contributed by atoms with Crippen LogP contribution in [0, 0.1) is 0 Å². The van der Waals surface area contributed by atoms with Gasteiger partial charge in [-0.25, -0.2) is 5.48 Å². The van der Waals surface area contributed by atoms with E-state index in [9.17, 15) is 0 Å². The molecule has 0 amide bonds. The molecule has 0 saturated carbocycles. The van der Waals surface area contributed by atoms with Gasteiger partial charge in [-0.05, 0) is 27.2 Å². The minimum absolute atomic E-state index is 0.0515. The van der Waals surface area contributed by atoms with Crippen molar-refractivity contribution in [2.24, 2.45) is 0 Å². The van der Waals surface area contributed by atoms with Crippen LogP contribution in [0.2, 0.25) is 0 Å². The summed E-state index contributed by atoms with van der Waals surface area (Å²) in [7, 11) is 1.72. The minimum atomic E-state index is -0.0515. The van der Waals surface area contributed by atoms with E-state index in [1.807, 2.05) is 6.92 Å². The average Bonchev–Trinajstić information content (AvgIpc) is 1.99. The van der Waals surface area contributed by atoms with Gasteiger partial charge in [-0.2, -0.15) is 0 Å². The number of rotatable bonds is 6. The number of hydroxylamine groups is 1. The van der Waals surface area contributed by atoms with Gasteiger partial charge in [0.15, 0.2) is 0 Å². The lowest BCUT2D eigenvalue weighted by molar-refractivity contribution is -0.00680. The lowest BCUT2D eigenvalue weighted by Crippen LogP contribution is -2.28. The Morgan fingerprint density at radius 1 is 1.36 bits per heavy atom. The summed E-state index contributed by atoms with van der Waals surface area (Å²) in [6.45, 7) is 7.60. The molecule has 0 aromatic carbocycles. The molecule has 0 fully saturated rings. The van der Waals surface area contributed by atoms with Gasteiger partial charge in [0, 0.05) is 13.7 Å². The molecule has 0 rings (SSSR count). The van der Waals surface area contributed by atoms with Crippen molar-refractivity contribution in [1.29, 1.82) is 0 Å². The average molecular weight is 161 g/mol. The van der Waals surface area contributed by atoms with Crippen molar-refractivity contribution >= 4 is 0 Å². The Morgan fingerprint density at radius 3 is 2.45 bits per heavy atom. The second kappa shape index (κ2) is 5.52. The molecule has 0 spiro atoms. The lowest BCUT2D eigenvalue weighted by Gasteiger charge is -2.22. The molecule has 3 heteroatoms. The molecule has 0 bridgehead atoms. The molecule has 0 unspecified atom stereocenters. The quantitative estimate of drug-likeness (QED) is 0.471. The van der Waals surface area contributed by atoms with Gasteiger partial charge in [0.25, 0.3) is 0 Å². The van der Waals surface area contributed by atoms with Crippen molar-refractivity contribution in [2.75, 3.05) is 20.3 Å². The Bertz CT molecular complexity index is 94.1. The van der Waals surface area contributed by atoms with Crippen LogP contribution in [0.1, 0.15) is 27.2 Å². The van der Waals surface area contributed by atoms with Gasteiger partial charge in [-0.1, -0.05) is 0 Å². The molecule has 0 aromatic rings. The third kappa shape index (κ3) is 6.28. The number of hydrogen-bond acceptors (Lipinski definition) is 3. The summed E-state index contributed by atoms with van der Waals surface area (Å²) in [6.07, 6.45) is 0.948. The van der Waals surface area contributed by atoms with E-state index < -0.39 is 0 Å². The van der Waals surface area contributed by atoms with E-state index in [2.05, 4.69) is 19.3 Å². The van der Waals surface area contributed by atoms with Crippen molar-refractivity contribution in [3.05, 3.63) is 0 Å². The summed E-state index contributed by atoms with van der Waals surface area (Å²) < 4.78 is 5.22. The molecule has 68 valence electrons. The summed E-state index contributed by atoms with van der Waals surface area (Å²) in [5.41, 5.74) is 2.79. The first-order valence-electron chi connectivity index (χ1n) is 4.02. The molecule has 3 nitrogen and oxygen atoms in total. The van der Waals surface area contributed by atoms with E-state index >= 15 is 0 Å². The molecule has 0 aliphatic carbocycles. The highest BCUT2D eigenvalue weighted by Gasteiger charge is 2.14. The van der Waals surface area contributed by atoms with Gasteiger partial charge < -0.3 is 9.57 Å². The summed E-state index contributed by atoms with van der Waals surface area (Å²) in [5.74, 6) is 0. The van der Waals surface area contributed by atoms with Crippen LogP contribution in [0.3, 0.4) is 0 Å². The Labute approximate surface area is 69.0 Å². The fourth-order valence-corrected chi connectivity index (χ4v) is 0.628. The second-order valence-electron chi connectivity index (χ2n) is 3.04. The first-order chi connectivity index (χ1) is 5.12. The number of hydrogen-bond donors (Lipinski definition) is 1. The standard InChI is InChI=1S/C8H19NO2/c1-5-11-9-7-6-8(2,3)10-4/h9H,5-7H2,1-4H3. The first kappa shape index (κ1) is 10.9. The SMILES string of the molecule is CCONCCC(C)(C)OC. The fourth-order valence-electron chi connectivity index (χ4n) is 0.628. The summed E-state index contributed by atoms with van der Waals surface area (Å²) >= 11 is 0. The third-order valence-corrected chi connectivity index (χ3v) is 1.63. The molecule has 0 aliphatic heterocycles. The highest BCUT2D eigenvalue weighted by atomic mass is 16.6. The number of ether oxygens (including phenoxy) is 1. The van der Waals surface area contributed by atoms with Gasteiger partial charge in [-0.15, -0.1) is 0 Å². The zero-order valence-electron chi connectivity index (χ0n) is 7.94. The Hall–Kier alpha value is -0.120. The van der Waals surface area contributed by atoms with E-state index in [0.29, 0.717) is 6.61 Å². The number of methoxy groups -OCH3 is 1. The lowest BCUT2D eigenvalue weighted by atomic mass is 10.1. The summed E-state index contributed by atoms with van der Waals surface area (Å²) in [5, 5.41) is 0. The third-order valence-electron chi connectivity index (χ3n) is 1.63. The van der Waals surface area contributed by atoms with Gasteiger partial charge in [0.2, 0.25) is 0 Å². The van der Waals surface area contributed by atoms with Gasteiger partial charge in [0.1, 0.15) is 0 Å². The summed E-state index contributed by atoms with van der Waals surface area (Å²) in [4.78, 5) is 4.97. The normalized spacial score (nSPS) is 12.0. The number of nitrogens with one attached hydrogen (secondary N) is 1. The zero-order valence-corrected chi connectivity index (χ0v) is 7.94. The van der Waals surface area contributed by atoms with E-state index in [1.165, 1.54) is 0 Å². The molecule has 0 atom stereocenters. The highest BCUT2D eigenvalue weighted by Crippen LogP contribution is 2.10. The predicted octanol–water partition coefficient (Wildman–Crippen LogP) is 1.34. The molecule has 0 aliphatic rings. The van der Waals surface area contributed by atoms with Gasteiger partial charge in [-0.3, -0.25) is 0 Å². The van der Waals surface area contributed by atoms with Crippen LogP contribution < -0.4 is 5.48 Å². The van der Waals surface area contributed by atoms with Crippen molar-refractivity contribution in [1.82, 2.24) is 5.48 Å². The minimum Gasteiger partial charge on any atom is -0.379 e. The predicted molar refractivity (Wildman–Crippen MR) is 45.3 cm³/mol. The van der Waals surface area contributed by atoms with Crippen molar-refractivity contribution in [3.8, 4) is 0 Å². The van der Waals surface area contributed by atoms with Gasteiger partial charge >= 0.3 is 0 Å². The molecule has 0 radical (unpaired) electrons. The van der Waals surface area contributed by atoms with Crippen molar-refractivity contribution < 1.29 is 9.57 Å². The molecule has 11 heavy (non-hydrogen) atoms. The summed E-state index contributed by atoms with van der Waals surface area (Å²) in [6, 6.07) is 0. The maximum atomic E-state index is 5.22. The van der Waals surface area contributed by atoms with Crippen LogP contribution in [-0.2, 0) is 9.57 Å². The monoisotopic (exact) mass is 161 g/mol. The van der Waals surface area contributed by atoms with E-state index in [1.54, 1.807) is 7.11 Å². The smallest absolute Gasteiger partial charge is 0.0653 e. The highest BCUT2D eigenvalue weighted by molar-refractivity contribution is 4.67. The van der Waals surface area contributed by atoms with Crippen LogP contribution in [0.25, 0.3) is 0 Å².